The lowest BCUT2D eigenvalue weighted by molar-refractivity contribution is -0.146. The van der Waals surface area contributed by atoms with Gasteiger partial charge in [-0.15, -0.1) is 0 Å². The summed E-state index contributed by atoms with van der Waals surface area (Å²) in [4.78, 5) is 12.0. The summed E-state index contributed by atoms with van der Waals surface area (Å²) < 4.78 is 10.8. The van der Waals surface area contributed by atoms with E-state index in [9.17, 15) is 4.79 Å². The summed E-state index contributed by atoms with van der Waals surface area (Å²) in [6.45, 7) is 6.55. The van der Waals surface area contributed by atoms with Crippen molar-refractivity contribution in [2.75, 3.05) is 6.61 Å². The Balaban J connectivity index is 1.82. The van der Waals surface area contributed by atoms with Crippen molar-refractivity contribution in [3.05, 3.63) is 54.1 Å². The summed E-state index contributed by atoms with van der Waals surface area (Å²) in [5.74, 6) is 0.190. The van der Waals surface area contributed by atoms with E-state index in [-0.39, 0.29) is 5.97 Å². The van der Waals surface area contributed by atoms with Gasteiger partial charge in [0.05, 0.1) is 0 Å². The first-order valence-electron chi connectivity index (χ1n) is 11.2. The van der Waals surface area contributed by atoms with Crippen molar-refractivity contribution in [2.45, 2.75) is 78.2 Å². The lowest BCUT2D eigenvalue weighted by atomic mass is 10.0. The summed E-state index contributed by atoms with van der Waals surface area (Å²) in [5, 5.41) is 0. The predicted molar refractivity (Wildman–Crippen MR) is 120 cm³/mol. The van der Waals surface area contributed by atoms with Gasteiger partial charge in [-0.05, 0) is 55.0 Å². The van der Waals surface area contributed by atoms with Gasteiger partial charge in [-0.1, -0.05) is 82.3 Å². The lowest BCUT2D eigenvalue weighted by Crippen LogP contribution is -2.26. The van der Waals surface area contributed by atoms with Gasteiger partial charge in [-0.3, -0.25) is 0 Å². The number of rotatable bonds is 13. The van der Waals surface area contributed by atoms with Crippen LogP contribution < -0.4 is 4.74 Å². The van der Waals surface area contributed by atoms with Crippen LogP contribution in [0.15, 0.2) is 48.5 Å². The summed E-state index contributed by atoms with van der Waals surface area (Å²) in [6.07, 6.45) is 9.46. The highest BCUT2D eigenvalue weighted by Gasteiger charge is 2.15. The molecule has 0 saturated carbocycles. The molecule has 0 heterocycles. The van der Waals surface area contributed by atoms with Crippen molar-refractivity contribution in [2.24, 2.45) is 0 Å². The minimum atomic E-state index is -0.547. The minimum Gasteiger partial charge on any atom is -0.425 e. The number of ether oxygens (including phenoxy) is 2. The average molecular weight is 397 g/mol. The molecule has 2 aromatic rings. The predicted octanol–water partition coefficient (Wildman–Crippen LogP) is 6.98. The Kier molecular flexibility index (Phi) is 10.5. The molecule has 0 fully saturated rings. The summed E-state index contributed by atoms with van der Waals surface area (Å²) in [5.41, 5.74) is 3.69. The van der Waals surface area contributed by atoms with Gasteiger partial charge in [0.15, 0.2) is 6.10 Å². The molecule has 3 heteroatoms. The maximum Gasteiger partial charge on any atom is 0.340 e. The van der Waals surface area contributed by atoms with Crippen LogP contribution in [-0.4, -0.2) is 18.7 Å². The van der Waals surface area contributed by atoms with Crippen molar-refractivity contribution < 1.29 is 14.3 Å². The first-order valence-corrected chi connectivity index (χ1v) is 11.2. The molecule has 0 radical (unpaired) electrons. The van der Waals surface area contributed by atoms with Gasteiger partial charge >= 0.3 is 5.97 Å². The van der Waals surface area contributed by atoms with Crippen LogP contribution in [0.2, 0.25) is 0 Å². The number of carbonyl (C=O) groups excluding carboxylic acids is 1. The van der Waals surface area contributed by atoms with Crippen LogP contribution in [0, 0.1) is 0 Å². The maximum absolute atomic E-state index is 12.0. The van der Waals surface area contributed by atoms with Crippen LogP contribution in [-0.2, 0) is 16.0 Å². The fourth-order valence-electron chi connectivity index (χ4n) is 3.25. The van der Waals surface area contributed by atoms with Gasteiger partial charge in [-0.25, -0.2) is 4.79 Å². The number of aryl methyl sites for hydroxylation is 1. The highest BCUT2D eigenvalue weighted by atomic mass is 16.6. The molecule has 0 aliphatic heterocycles. The van der Waals surface area contributed by atoms with E-state index in [2.05, 4.69) is 31.2 Å². The van der Waals surface area contributed by atoms with Crippen molar-refractivity contribution >= 4 is 5.97 Å². The number of esters is 1. The monoisotopic (exact) mass is 396 g/mol. The van der Waals surface area contributed by atoms with Crippen molar-refractivity contribution in [3.8, 4) is 16.9 Å². The quantitative estimate of drug-likeness (QED) is 0.208. The van der Waals surface area contributed by atoms with Crippen LogP contribution in [0.3, 0.4) is 0 Å². The molecule has 1 atom stereocenters. The largest absolute Gasteiger partial charge is 0.425 e. The van der Waals surface area contributed by atoms with E-state index in [1.165, 1.54) is 49.7 Å². The lowest BCUT2D eigenvalue weighted by Gasteiger charge is -2.12. The fourth-order valence-corrected chi connectivity index (χ4v) is 3.25. The Hall–Kier alpha value is -2.13. The van der Waals surface area contributed by atoms with E-state index in [1.807, 2.05) is 31.2 Å². The molecule has 158 valence electrons. The molecule has 0 amide bonds. The first-order chi connectivity index (χ1) is 14.1. The smallest absolute Gasteiger partial charge is 0.340 e. The highest BCUT2D eigenvalue weighted by Crippen LogP contribution is 2.23. The van der Waals surface area contributed by atoms with E-state index >= 15 is 0 Å². The highest BCUT2D eigenvalue weighted by molar-refractivity contribution is 5.77. The molecule has 2 rings (SSSR count). The summed E-state index contributed by atoms with van der Waals surface area (Å²) in [6, 6.07) is 16.5. The summed E-state index contributed by atoms with van der Waals surface area (Å²) >= 11 is 0. The van der Waals surface area contributed by atoms with E-state index in [0.29, 0.717) is 12.4 Å². The Labute approximate surface area is 176 Å². The molecule has 2 aromatic carbocycles. The van der Waals surface area contributed by atoms with Crippen molar-refractivity contribution in [1.82, 2.24) is 0 Å². The zero-order valence-corrected chi connectivity index (χ0v) is 18.3. The molecule has 29 heavy (non-hydrogen) atoms. The van der Waals surface area contributed by atoms with Gasteiger partial charge in [0.25, 0.3) is 0 Å². The number of benzene rings is 2. The molecule has 0 spiro atoms. The van der Waals surface area contributed by atoms with Crippen molar-refractivity contribution in [3.63, 3.8) is 0 Å². The van der Waals surface area contributed by atoms with Gasteiger partial charge in [-0.2, -0.15) is 0 Å². The SMILES string of the molecule is CCCCCCCCc1ccc(-c2ccc(OC(=O)C(C)OCCC)cc2)cc1. The van der Waals surface area contributed by atoms with E-state index in [1.54, 1.807) is 6.92 Å². The zero-order chi connectivity index (χ0) is 20.9. The number of unbranched alkanes of at least 4 members (excludes halogenated alkanes) is 5. The molecule has 0 aliphatic rings. The Morgan fingerprint density at radius 1 is 0.793 bits per heavy atom. The van der Waals surface area contributed by atoms with Crippen LogP contribution in [0.1, 0.15) is 71.3 Å². The molecule has 0 aromatic heterocycles. The third-order valence-corrected chi connectivity index (χ3v) is 5.08. The van der Waals surface area contributed by atoms with Gasteiger partial charge in [0, 0.05) is 6.61 Å². The molecule has 0 aliphatic carbocycles. The third-order valence-electron chi connectivity index (χ3n) is 5.08. The van der Waals surface area contributed by atoms with Gasteiger partial charge in [0.1, 0.15) is 5.75 Å². The maximum atomic E-state index is 12.0. The van der Waals surface area contributed by atoms with Gasteiger partial charge in [0.2, 0.25) is 0 Å². The molecule has 0 saturated heterocycles. The average Bonchev–Trinajstić information content (AvgIpc) is 2.75. The molecule has 0 bridgehead atoms. The molecule has 0 N–H and O–H groups in total. The van der Waals surface area contributed by atoms with E-state index < -0.39 is 6.10 Å². The molecule has 1 unspecified atom stereocenters. The number of carbonyl (C=O) groups is 1. The number of hydrogen-bond acceptors (Lipinski definition) is 3. The van der Waals surface area contributed by atoms with Crippen LogP contribution in [0.25, 0.3) is 11.1 Å². The Morgan fingerprint density at radius 3 is 2.00 bits per heavy atom. The Morgan fingerprint density at radius 2 is 1.38 bits per heavy atom. The number of hydrogen-bond donors (Lipinski definition) is 0. The topological polar surface area (TPSA) is 35.5 Å². The fraction of sp³-hybridized carbons (Fsp3) is 0.500. The molecule has 3 nitrogen and oxygen atoms in total. The second-order valence-corrected chi connectivity index (χ2v) is 7.67. The van der Waals surface area contributed by atoms with Crippen LogP contribution in [0.4, 0.5) is 0 Å². The van der Waals surface area contributed by atoms with Crippen LogP contribution >= 0.6 is 0 Å². The standard InChI is InChI=1S/C26H36O3/c1-4-6-7-8-9-10-11-22-12-14-23(15-13-22)24-16-18-25(19-17-24)29-26(27)21(3)28-20-5-2/h12-19,21H,4-11,20H2,1-3H3. The molecular weight excluding hydrogens is 360 g/mol. The van der Waals surface area contributed by atoms with E-state index in [0.717, 1.165) is 18.4 Å². The molecular formula is C26H36O3. The normalized spacial score (nSPS) is 12.0. The zero-order valence-electron chi connectivity index (χ0n) is 18.3. The summed E-state index contributed by atoms with van der Waals surface area (Å²) in [7, 11) is 0. The minimum absolute atomic E-state index is 0.356. The second kappa shape index (κ2) is 13.2. The van der Waals surface area contributed by atoms with Crippen molar-refractivity contribution in [1.29, 1.82) is 0 Å². The van der Waals surface area contributed by atoms with Gasteiger partial charge < -0.3 is 9.47 Å². The van der Waals surface area contributed by atoms with E-state index in [4.69, 9.17) is 9.47 Å². The second-order valence-electron chi connectivity index (χ2n) is 7.67. The Bertz CT molecular complexity index is 704. The first kappa shape index (κ1) is 23.2. The van der Waals surface area contributed by atoms with Crippen LogP contribution in [0.5, 0.6) is 5.75 Å². The third kappa shape index (κ3) is 8.41.